The number of hydrogen-bond donors (Lipinski definition) is 0. The maximum atomic E-state index is 5.79. The molecule has 0 bridgehead atoms. The van der Waals surface area contributed by atoms with Crippen molar-refractivity contribution in [1.82, 2.24) is 15.0 Å². The van der Waals surface area contributed by atoms with Gasteiger partial charge in [-0.25, -0.2) is 15.0 Å². The van der Waals surface area contributed by atoms with Crippen molar-refractivity contribution in [2.45, 2.75) is 12.8 Å². The number of piperidine rings is 1. The number of nitrogens with zero attached hydrogens (tertiary/aromatic N) is 4. The van der Waals surface area contributed by atoms with Crippen LogP contribution in [-0.2, 0) is 0 Å². The first-order chi connectivity index (χ1) is 11.4. The van der Waals surface area contributed by atoms with Crippen LogP contribution < -0.4 is 9.64 Å². The molecule has 1 aliphatic heterocycles. The molecule has 0 aliphatic carbocycles. The van der Waals surface area contributed by atoms with Gasteiger partial charge >= 0.3 is 0 Å². The van der Waals surface area contributed by atoms with Gasteiger partial charge in [-0.2, -0.15) is 0 Å². The fourth-order valence-corrected chi connectivity index (χ4v) is 3.70. The van der Waals surface area contributed by atoms with Crippen LogP contribution in [0, 0.1) is 5.92 Å². The second-order valence-electron chi connectivity index (χ2n) is 5.75. The van der Waals surface area contributed by atoms with Gasteiger partial charge in [0.25, 0.3) is 0 Å². The van der Waals surface area contributed by atoms with Crippen molar-refractivity contribution in [3.63, 3.8) is 0 Å². The van der Waals surface area contributed by atoms with Crippen LogP contribution in [0.2, 0.25) is 0 Å². The van der Waals surface area contributed by atoms with Crippen molar-refractivity contribution in [2.75, 3.05) is 24.6 Å². The normalized spacial score (nSPS) is 15.9. The predicted molar refractivity (Wildman–Crippen MR) is 92.1 cm³/mol. The van der Waals surface area contributed by atoms with Crippen LogP contribution in [0.5, 0.6) is 5.88 Å². The Morgan fingerprint density at radius 2 is 2.04 bits per heavy atom. The summed E-state index contributed by atoms with van der Waals surface area (Å²) < 4.78 is 5.79. The van der Waals surface area contributed by atoms with Gasteiger partial charge in [-0.3, -0.25) is 0 Å². The van der Waals surface area contributed by atoms with E-state index in [0.717, 1.165) is 43.2 Å². The smallest absolute Gasteiger partial charge is 0.213 e. The van der Waals surface area contributed by atoms with Crippen LogP contribution in [0.15, 0.2) is 42.2 Å². The maximum absolute atomic E-state index is 5.79. The van der Waals surface area contributed by atoms with Crippen LogP contribution >= 0.6 is 11.3 Å². The quantitative estimate of drug-likeness (QED) is 0.735. The van der Waals surface area contributed by atoms with Gasteiger partial charge in [0.15, 0.2) is 0 Å². The molecule has 118 valence electrons. The van der Waals surface area contributed by atoms with Crippen LogP contribution in [0.3, 0.4) is 0 Å². The lowest BCUT2D eigenvalue weighted by Crippen LogP contribution is -2.36. The lowest BCUT2D eigenvalue weighted by molar-refractivity contribution is 0.216. The van der Waals surface area contributed by atoms with E-state index in [4.69, 9.17) is 4.74 Å². The summed E-state index contributed by atoms with van der Waals surface area (Å²) in [6.07, 6.45) is 5.66. The largest absolute Gasteiger partial charge is 0.477 e. The first-order valence-corrected chi connectivity index (χ1v) is 8.75. The highest BCUT2D eigenvalue weighted by Crippen LogP contribution is 2.29. The van der Waals surface area contributed by atoms with Crippen molar-refractivity contribution in [1.29, 1.82) is 0 Å². The summed E-state index contributed by atoms with van der Waals surface area (Å²) in [7, 11) is 0. The van der Waals surface area contributed by atoms with E-state index in [0.29, 0.717) is 11.8 Å². The number of anilines is 1. The minimum atomic E-state index is 0.577. The number of thiophene rings is 1. The van der Waals surface area contributed by atoms with Crippen molar-refractivity contribution >= 4 is 27.4 Å². The second kappa shape index (κ2) is 6.50. The Labute approximate surface area is 139 Å². The first kappa shape index (κ1) is 14.4. The maximum Gasteiger partial charge on any atom is 0.213 e. The monoisotopic (exact) mass is 326 g/mol. The first-order valence-electron chi connectivity index (χ1n) is 7.87. The summed E-state index contributed by atoms with van der Waals surface area (Å²) in [5, 5.41) is 3.25. The summed E-state index contributed by atoms with van der Waals surface area (Å²) >= 11 is 1.67. The SMILES string of the molecule is c1ccc(OCC2CCN(c3ncnc4sccc34)CC2)nc1. The second-order valence-corrected chi connectivity index (χ2v) is 6.64. The lowest BCUT2D eigenvalue weighted by Gasteiger charge is -2.32. The van der Waals surface area contributed by atoms with Gasteiger partial charge in [0, 0.05) is 25.4 Å². The van der Waals surface area contributed by atoms with Gasteiger partial charge in [-0.15, -0.1) is 11.3 Å². The molecule has 0 atom stereocenters. The molecule has 1 fully saturated rings. The average molecular weight is 326 g/mol. The summed E-state index contributed by atoms with van der Waals surface area (Å²) in [5.74, 6) is 2.36. The minimum absolute atomic E-state index is 0.577. The van der Waals surface area contributed by atoms with Gasteiger partial charge in [-0.05, 0) is 36.3 Å². The van der Waals surface area contributed by atoms with Gasteiger partial charge in [0.2, 0.25) is 5.88 Å². The molecule has 3 aromatic heterocycles. The molecule has 0 amide bonds. The molecule has 0 saturated carbocycles. The summed E-state index contributed by atoms with van der Waals surface area (Å²) in [5.41, 5.74) is 0. The molecule has 4 heterocycles. The van der Waals surface area contributed by atoms with Crippen LogP contribution in [-0.4, -0.2) is 34.6 Å². The minimum Gasteiger partial charge on any atom is -0.477 e. The average Bonchev–Trinajstić information content (AvgIpc) is 3.10. The van der Waals surface area contributed by atoms with E-state index in [-0.39, 0.29) is 0 Å². The molecule has 0 N–H and O–H groups in total. The Kier molecular flexibility index (Phi) is 4.06. The van der Waals surface area contributed by atoms with Crippen molar-refractivity contribution in [2.24, 2.45) is 5.92 Å². The van der Waals surface area contributed by atoms with Crippen molar-refractivity contribution < 1.29 is 4.74 Å². The standard InChI is InChI=1S/C17H18N4OS/c1-2-7-18-15(3-1)22-11-13-4-8-21(9-5-13)16-14-6-10-23-17(14)20-12-19-16/h1-3,6-7,10,12-13H,4-5,8-9,11H2. The molecule has 6 heteroatoms. The third-order valence-corrected chi connectivity index (χ3v) is 5.08. The van der Waals surface area contributed by atoms with Gasteiger partial charge < -0.3 is 9.64 Å². The molecule has 0 aromatic carbocycles. The third-order valence-electron chi connectivity index (χ3n) is 4.26. The number of aromatic nitrogens is 3. The summed E-state index contributed by atoms with van der Waals surface area (Å²) in [4.78, 5) is 16.5. The van der Waals surface area contributed by atoms with Crippen molar-refractivity contribution in [3.8, 4) is 5.88 Å². The number of rotatable bonds is 4. The fourth-order valence-electron chi connectivity index (χ4n) is 2.98. The Hall–Kier alpha value is -2.21. The zero-order valence-electron chi connectivity index (χ0n) is 12.8. The Bertz CT molecular complexity index is 768. The molecule has 4 rings (SSSR count). The van der Waals surface area contributed by atoms with E-state index in [2.05, 4.69) is 31.3 Å². The van der Waals surface area contributed by atoms with Gasteiger partial charge in [-0.1, -0.05) is 6.07 Å². The lowest BCUT2D eigenvalue weighted by atomic mass is 9.98. The molecule has 0 spiro atoms. The Morgan fingerprint density at radius 3 is 2.87 bits per heavy atom. The topological polar surface area (TPSA) is 51.1 Å². The number of ether oxygens (including phenoxy) is 1. The highest BCUT2D eigenvalue weighted by Gasteiger charge is 2.22. The third kappa shape index (κ3) is 3.12. The van der Waals surface area contributed by atoms with Crippen molar-refractivity contribution in [3.05, 3.63) is 42.2 Å². The Morgan fingerprint density at radius 1 is 1.13 bits per heavy atom. The van der Waals surface area contributed by atoms with Crippen LogP contribution in [0.1, 0.15) is 12.8 Å². The fraction of sp³-hybridized carbons (Fsp3) is 0.353. The highest BCUT2D eigenvalue weighted by molar-refractivity contribution is 7.16. The van der Waals surface area contributed by atoms with E-state index in [1.54, 1.807) is 23.9 Å². The van der Waals surface area contributed by atoms with Gasteiger partial charge in [0.1, 0.15) is 17.0 Å². The van der Waals surface area contributed by atoms with E-state index in [9.17, 15) is 0 Å². The zero-order valence-corrected chi connectivity index (χ0v) is 13.6. The van der Waals surface area contributed by atoms with Gasteiger partial charge in [0.05, 0.1) is 12.0 Å². The molecule has 0 radical (unpaired) electrons. The van der Waals surface area contributed by atoms with Crippen LogP contribution in [0.4, 0.5) is 5.82 Å². The number of hydrogen-bond acceptors (Lipinski definition) is 6. The summed E-state index contributed by atoms with van der Waals surface area (Å²) in [6.45, 7) is 2.76. The Balaban J connectivity index is 1.37. The molecule has 0 unspecified atom stereocenters. The number of pyridine rings is 1. The van der Waals surface area contributed by atoms with E-state index in [1.165, 1.54) is 5.39 Å². The summed E-state index contributed by atoms with van der Waals surface area (Å²) in [6, 6.07) is 7.87. The molecule has 5 nitrogen and oxygen atoms in total. The number of fused-ring (bicyclic) bond motifs is 1. The molecular weight excluding hydrogens is 308 g/mol. The molecular formula is C17H18N4OS. The molecule has 3 aromatic rings. The predicted octanol–water partition coefficient (Wildman–Crippen LogP) is 3.38. The van der Waals surface area contributed by atoms with E-state index in [1.807, 2.05) is 18.2 Å². The molecule has 1 aliphatic rings. The molecule has 1 saturated heterocycles. The molecule has 23 heavy (non-hydrogen) atoms. The van der Waals surface area contributed by atoms with E-state index < -0.39 is 0 Å². The van der Waals surface area contributed by atoms with Crippen LogP contribution in [0.25, 0.3) is 10.2 Å². The van der Waals surface area contributed by atoms with E-state index >= 15 is 0 Å². The zero-order chi connectivity index (χ0) is 15.5. The highest BCUT2D eigenvalue weighted by atomic mass is 32.1.